The average molecular weight is 271 g/mol. The van der Waals surface area contributed by atoms with E-state index >= 15 is 0 Å². The highest BCUT2D eigenvalue weighted by atomic mass is 35.5. The summed E-state index contributed by atoms with van der Waals surface area (Å²) in [5.74, 6) is -0.339. The lowest BCUT2D eigenvalue weighted by Crippen LogP contribution is -2.33. The number of halogens is 1. The zero-order chi connectivity index (χ0) is 13.5. The molecule has 0 aliphatic heterocycles. The highest BCUT2D eigenvalue weighted by Crippen LogP contribution is 2.22. The number of rotatable bonds is 4. The lowest BCUT2D eigenvalue weighted by molar-refractivity contribution is -0.115. The normalized spacial score (nSPS) is 9.72. The summed E-state index contributed by atoms with van der Waals surface area (Å²) in [7, 11) is 0. The molecule has 0 atom stereocenters. The van der Waals surface area contributed by atoms with Crippen LogP contribution in [-0.4, -0.2) is 25.2 Å². The molecule has 0 aromatic heterocycles. The van der Waals surface area contributed by atoms with Crippen molar-refractivity contribution in [1.29, 1.82) is 0 Å². The molecular weight excluding hydrogens is 256 g/mol. The molecule has 0 bridgehead atoms. The highest BCUT2D eigenvalue weighted by molar-refractivity contribution is 6.31. The summed E-state index contributed by atoms with van der Waals surface area (Å²) in [5.41, 5.74) is 1.40. The van der Waals surface area contributed by atoms with Crippen LogP contribution in [0.25, 0.3) is 0 Å². The predicted octanol–water partition coefficient (Wildman–Crippen LogP) is 2.33. The van der Waals surface area contributed by atoms with Crippen LogP contribution in [0.3, 0.4) is 0 Å². The molecule has 98 valence electrons. The van der Waals surface area contributed by atoms with Gasteiger partial charge in [0, 0.05) is 10.7 Å². The Labute approximate surface area is 110 Å². The van der Waals surface area contributed by atoms with Crippen molar-refractivity contribution in [2.24, 2.45) is 0 Å². The first-order chi connectivity index (χ1) is 8.54. The molecule has 0 heterocycles. The standard InChI is InChI=1S/C12H15ClN2O3/c1-3-18-12(17)14-7-11(16)15-10-6-4-5-9(13)8(10)2/h4-6H,3,7H2,1-2H3,(H,14,17)(H,15,16). The lowest BCUT2D eigenvalue weighted by Gasteiger charge is -2.10. The number of hydrogen-bond acceptors (Lipinski definition) is 3. The summed E-state index contributed by atoms with van der Waals surface area (Å²) in [6.07, 6.45) is -0.615. The first kappa shape index (κ1) is 14.3. The zero-order valence-corrected chi connectivity index (χ0v) is 11.0. The molecule has 2 N–H and O–H groups in total. The van der Waals surface area contributed by atoms with E-state index in [0.717, 1.165) is 5.56 Å². The maximum absolute atomic E-state index is 11.6. The molecule has 1 rings (SSSR count). The van der Waals surface area contributed by atoms with Gasteiger partial charge in [-0.2, -0.15) is 0 Å². The van der Waals surface area contributed by atoms with Crippen LogP contribution in [0, 0.1) is 6.92 Å². The first-order valence-electron chi connectivity index (χ1n) is 5.50. The number of amides is 2. The van der Waals surface area contributed by atoms with Crippen LogP contribution >= 0.6 is 11.6 Å². The molecule has 0 unspecified atom stereocenters. The van der Waals surface area contributed by atoms with E-state index in [1.165, 1.54) is 0 Å². The number of carbonyl (C=O) groups is 2. The molecule has 0 aliphatic carbocycles. The number of ether oxygens (including phenoxy) is 1. The molecule has 0 spiro atoms. The van der Waals surface area contributed by atoms with Gasteiger partial charge in [0.2, 0.25) is 5.91 Å². The second-order valence-electron chi connectivity index (χ2n) is 3.53. The molecule has 1 aromatic rings. The molecule has 6 heteroatoms. The van der Waals surface area contributed by atoms with Gasteiger partial charge in [-0.15, -0.1) is 0 Å². The minimum atomic E-state index is -0.615. The van der Waals surface area contributed by atoms with E-state index < -0.39 is 6.09 Å². The second kappa shape index (κ2) is 6.86. The summed E-state index contributed by atoms with van der Waals surface area (Å²) >= 11 is 5.92. The average Bonchev–Trinajstić information content (AvgIpc) is 2.33. The fraction of sp³-hybridized carbons (Fsp3) is 0.333. The topological polar surface area (TPSA) is 67.4 Å². The van der Waals surface area contributed by atoms with E-state index in [1.54, 1.807) is 32.0 Å². The Balaban J connectivity index is 2.50. The van der Waals surface area contributed by atoms with Crippen molar-refractivity contribution in [3.63, 3.8) is 0 Å². The lowest BCUT2D eigenvalue weighted by atomic mass is 10.2. The zero-order valence-electron chi connectivity index (χ0n) is 10.2. The molecule has 0 radical (unpaired) electrons. The van der Waals surface area contributed by atoms with Crippen molar-refractivity contribution in [3.05, 3.63) is 28.8 Å². The van der Waals surface area contributed by atoms with Gasteiger partial charge in [0.15, 0.2) is 0 Å². The highest BCUT2D eigenvalue weighted by Gasteiger charge is 2.08. The van der Waals surface area contributed by atoms with Gasteiger partial charge in [-0.3, -0.25) is 4.79 Å². The first-order valence-corrected chi connectivity index (χ1v) is 5.88. The van der Waals surface area contributed by atoms with Crippen LogP contribution in [-0.2, 0) is 9.53 Å². The number of carbonyl (C=O) groups excluding carboxylic acids is 2. The van der Waals surface area contributed by atoms with Gasteiger partial charge in [-0.25, -0.2) is 4.79 Å². The van der Waals surface area contributed by atoms with Crippen LogP contribution in [0.15, 0.2) is 18.2 Å². The van der Waals surface area contributed by atoms with Crippen molar-refractivity contribution in [2.75, 3.05) is 18.5 Å². The van der Waals surface area contributed by atoms with Crippen LogP contribution < -0.4 is 10.6 Å². The third-order valence-corrected chi connectivity index (χ3v) is 2.62. The van der Waals surface area contributed by atoms with Gasteiger partial charge < -0.3 is 15.4 Å². The largest absolute Gasteiger partial charge is 0.450 e. The van der Waals surface area contributed by atoms with Crippen molar-refractivity contribution < 1.29 is 14.3 Å². The number of benzene rings is 1. The number of hydrogen-bond donors (Lipinski definition) is 2. The van der Waals surface area contributed by atoms with E-state index in [4.69, 9.17) is 11.6 Å². The van der Waals surface area contributed by atoms with Gasteiger partial charge in [-0.1, -0.05) is 17.7 Å². The molecule has 0 fully saturated rings. The molecule has 0 saturated carbocycles. The van der Waals surface area contributed by atoms with Crippen LogP contribution in [0.2, 0.25) is 5.02 Å². The summed E-state index contributed by atoms with van der Waals surface area (Å²) < 4.78 is 4.63. The van der Waals surface area contributed by atoms with Gasteiger partial charge >= 0.3 is 6.09 Å². The van der Waals surface area contributed by atoms with Gasteiger partial charge in [0.1, 0.15) is 6.54 Å². The van der Waals surface area contributed by atoms with Crippen molar-refractivity contribution in [2.45, 2.75) is 13.8 Å². The molecular formula is C12H15ClN2O3. The molecule has 1 aromatic carbocycles. The van der Waals surface area contributed by atoms with Crippen LogP contribution in [0.5, 0.6) is 0 Å². The molecule has 18 heavy (non-hydrogen) atoms. The molecule has 0 aliphatic rings. The van der Waals surface area contributed by atoms with Crippen molar-refractivity contribution >= 4 is 29.3 Å². The van der Waals surface area contributed by atoms with Gasteiger partial charge in [-0.05, 0) is 31.5 Å². The number of alkyl carbamates (subject to hydrolysis) is 1. The maximum atomic E-state index is 11.6. The maximum Gasteiger partial charge on any atom is 0.407 e. The predicted molar refractivity (Wildman–Crippen MR) is 69.8 cm³/mol. The number of nitrogens with one attached hydrogen (secondary N) is 2. The van der Waals surface area contributed by atoms with E-state index in [-0.39, 0.29) is 19.1 Å². The Morgan fingerprint density at radius 2 is 2.11 bits per heavy atom. The van der Waals surface area contributed by atoms with E-state index in [1.807, 2.05) is 0 Å². The van der Waals surface area contributed by atoms with Gasteiger partial charge in [0.05, 0.1) is 6.61 Å². The smallest absolute Gasteiger partial charge is 0.407 e. The van der Waals surface area contributed by atoms with Crippen LogP contribution in [0.4, 0.5) is 10.5 Å². The third-order valence-electron chi connectivity index (χ3n) is 2.21. The fourth-order valence-corrected chi connectivity index (χ4v) is 1.45. The minimum absolute atomic E-state index is 0.148. The molecule has 2 amide bonds. The summed E-state index contributed by atoms with van der Waals surface area (Å²) in [5, 5.41) is 5.56. The quantitative estimate of drug-likeness (QED) is 0.882. The second-order valence-corrected chi connectivity index (χ2v) is 3.94. The Morgan fingerprint density at radius 1 is 1.39 bits per heavy atom. The number of anilines is 1. The summed E-state index contributed by atoms with van der Waals surface area (Å²) in [6.45, 7) is 3.61. The van der Waals surface area contributed by atoms with Crippen molar-refractivity contribution in [1.82, 2.24) is 5.32 Å². The van der Waals surface area contributed by atoms with Crippen LogP contribution in [0.1, 0.15) is 12.5 Å². The van der Waals surface area contributed by atoms with E-state index in [0.29, 0.717) is 10.7 Å². The SMILES string of the molecule is CCOC(=O)NCC(=O)Nc1cccc(Cl)c1C. The Bertz CT molecular complexity index is 449. The Hall–Kier alpha value is -1.75. The van der Waals surface area contributed by atoms with Crippen molar-refractivity contribution in [3.8, 4) is 0 Å². The molecule has 0 saturated heterocycles. The summed E-state index contributed by atoms with van der Waals surface area (Å²) in [6, 6.07) is 5.22. The summed E-state index contributed by atoms with van der Waals surface area (Å²) in [4.78, 5) is 22.5. The minimum Gasteiger partial charge on any atom is -0.450 e. The van der Waals surface area contributed by atoms with E-state index in [9.17, 15) is 9.59 Å². The van der Waals surface area contributed by atoms with Gasteiger partial charge in [0.25, 0.3) is 0 Å². The molecule has 5 nitrogen and oxygen atoms in total. The third kappa shape index (κ3) is 4.25. The Morgan fingerprint density at radius 3 is 2.78 bits per heavy atom. The Kier molecular flexibility index (Phi) is 5.45. The monoisotopic (exact) mass is 270 g/mol. The fourth-order valence-electron chi connectivity index (χ4n) is 1.27. The van der Waals surface area contributed by atoms with E-state index in [2.05, 4.69) is 15.4 Å².